The van der Waals surface area contributed by atoms with Crippen molar-refractivity contribution in [1.29, 1.82) is 0 Å². The summed E-state index contributed by atoms with van der Waals surface area (Å²) in [5, 5.41) is 0.929. The third kappa shape index (κ3) is 4.01. The maximum absolute atomic E-state index is 12.1. The molecule has 1 fully saturated rings. The molecule has 1 amide bonds. The molecule has 0 bridgehead atoms. The van der Waals surface area contributed by atoms with Gasteiger partial charge in [-0.15, -0.1) is 0 Å². The molecule has 1 aromatic carbocycles. The van der Waals surface area contributed by atoms with Crippen molar-refractivity contribution < 1.29 is 14.3 Å². The number of hydrogen-bond donors (Lipinski definition) is 0. The first-order valence-corrected chi connectivity index (χ1v) is 7.22. The predicted octanol–water partition coefficient (Wildman–Crippen LogP) is 3.01. The summed E-state index contributed by atoms with van der Waals surface area (Å²) in [7, 11) is 0. The van der Waals surface area contributed by atoms with Crippen molar-refractivity contribution in [3.63, 3.8) is 0 Å². The van der Waals surface area contributed by atoms with E-state index in [1.54, 1.807) is 23.1 Å². The first-order valence-electron chi connectivity index (χ1n) is 6.47. The van der Waals surface area contributed by atoms with Crippen LogP contribution in [-0.2, 0) is 9.53 Å². The lowest BCUT2D eigenvalue weighted by Crippen LogP contribution is -2.49. The van der Waals surface area contributed by atoms with Gasteiger partial charge in [-0.3, -0.25) is 4.79 Å². The summed E-state index contributed by atoms with van der Waals surface area (Å²) >= 11 is 11.8. The number of benzene rings is 1. The Labute approximate surface area is 128 Å². The number of ether oxygens (including phenoxy) is 2. The number of nitrogens with zero attached hydrogens (tertiary/aromatic N) is 1. The summed E-state index contributed by atoms with van der Waals surface area (Å²) in [6.07, 6.45) is 0.0867. The van der Waals surface area contributed by atoms with Gasteiger partial charge in [0.15, 0.2) is 6.61 Å². The molecule has 2 atom stereocenters. The third-order valence-electron chi connectivity index (χ3n) is 3.02. The molecule has 0 aliphatic carbocycles. The van der Waals surface area contributed by atoms with E-state index in [0.29, 0.717) is 28.9 Å². The monoisotopic (exact) mass is 317 g/mol. The Kier molecular flexibility index (Phi) is 5.13. The molecule has 1 aromatic rings. The normalized spacial score (nSPS) is 22.7. The highest BCUT2D eigenvalue weighted by Gasteiger charge is 2.26. The van der Waals surface area contributed by atoms with E-state index < -0.39 is 0 Å². The van der Waals surface area contributed by atoms with Crippen LogP contribution in [0.25, 0.3) is 0 Å². The van der Waals surface area contributed by atoms with Gasteiger partial charge in [-0.05, 0) is 32.0 Å². The molecule has 0 unspecified atom stereocenters. The molecule has 6 heteroatoms. The fourth-order valence-corrected chi connectivity index (χ4v) is 2.67. The smallest absolute Gasteiger partial charge is 0.260 e. The number of carbonyl (C=O) groups excluding carboxylic acids is 1. The average Bonchev–Trinajstić information content (AvgIpc) is 2.36. The highest BCUT2D eigenvalue weighted by atomic mass is 35.5. The van der Waals surface area contributed by atoms with Crippen molar-refractivity contribution in [2.45, 2.75) is 26.1 Å². The number of morpholine rings is 1. The van der Waals surface area contributed by atoms with Gasteiger partial charge >= 0.3 is 0 Å². The van der Waals surface area contributed by atoms with Crippen LogP contribution in [0.2, 0.25) is 10.0 Å². The topological polar surface area (TPSA) is 38.8 Å². The second-order valence-electron chi connectivity index (χ2n) is 4.92. The highest BCUT2D eigenvalue weighted by Crippen LogP contribution is 2.27. The summed E-state index contributed by atoms with van der Waals surface area (Å²) < 4.78 is 11.0. The van der Waals surface area contributed by atoms with Gasteiger partial charge in [0.25, 0.3) is 5.91 Å². The minimum Gasteiger partial charge on any atom is -0.482 e. The molecule has 0 radical (unpaired) electrons. The lowest BCUT2D eigenvalue weighted by atomic mass is 10.2. The van der Waals surface area contributed by atoms with Gasteiger partial charge < -0.3 is 14.4 Å². The van der Waals surface area contributed by atoms with Gasteiger partial charge in [0.1, 0.15) is 5.75 Å². The predicted molar refractivity (Wildman–Crippen MR) is 78.5 cm³/mol. The molecule has 1 aliphatic rings. The van der Waals surface area contributed by atoms with Gasteiger partial charge in [-0.1, -0.05) is 23.2 Å². The van der Waals surface area contributed by atoms with Gasteiger partial charge in [0.2, 0.25) is 0 Å². The van der Waals surface area contributed by atoms with Crippen LogP contribution < -0.4 is 4.74 Å². The van der Waals surface area contributed by atoms with Crippen LogP contribution in [-0.4, -0.2) is 42.7 Å². The Morgan fingerprint density at radius 1 is 1.35 bits per heavy atom. The zero-order valence-electron chi connectivity index (χ0n) is 11.4. The summed E-state index contributed by atoms with van der Waals surface area (Å²) in [6.45, 7) is 5.03. The lowest BCUT2D eigenvalue weighted by Gasteiger charge is -2.35. The van der Waals surface area contributed by atoms with E-state index in [1.807, 2.05) is 13.8 Å². The number of hydrogen-bond acceptors (Lipinski definition) is 3. The molecule has 1 aliphatic heterocycles. The molecule has 0 spiro atoms. The van der Waals surface area contributed by atoms with E-state index in [-0.39, 0.29) is 24.7 Å². The largest absolute Gasteiger partial charge is 0.482 e. The van der Waals surface area contributed by atoms with E-state index >= 15 is 0 Å². The van der Waals surface area contributed by atoms with Crippen LogP contribution in [0.1, 0.15) is 13.8 Å². The zero-order valence-corrected chi connectivity index (χ0v) is 12.9. The second kappa shape index (κ2) is 6.66. The molecule has 4 nitrogen and oxygen atoms in total. The average molecular weight is 318 g/mol. The van der Waals surface area contributed by atoms with E-state index in [1.165, 1.54) is 0 Å². The molecule has 2 rings (SSSR count). The number of rotatable bonds is 3. The van der Waals surface area contributed by atoms with Gasteiger partial charge in [-0.2, -0.15) is 0 Å². The first kappa shape index (κ1) is 15.4. The molecule has 0 N–H and O–H groups in total. The molecule has 1 heterocycles. The zero-order chi connectivity index (χ0) is 14.7. The molecular formula is C14H17Cl2NO3. The highest BCUT2D eigenvalue weighted by molar-refractivity contribution is 6.35. The van der Waals surface area contributed by atoms with Crippen molar-refractivity contribution >= 4 is 29.1 Å². The van der Waals surface area contributed by atoms with Crippen LogP contribution in [0.4, 0.5) is 0 Å². The Morgan fingerprint density at radius 2 is 2.00 bits per heavy atom. The van der Waals surface area contributed by atoms with Crippen LogP contribution >= 0.6 is 23.2 Å². The second-order valence-corrected chi connectivity index (χ2v) is 5.76. The first-order chi connectivity index (χ1) is 9.45. The standard InChI is InChI=1S/C14H17Cl2NO3/c1-9-6-17(7-10(2)20-9)14(18)8-19-13-4-3-11(15)5-12(13)16/h3-5,9-10H,6-8H2,1-2H3/t9-,10-/m1/s1. The summed E-state index contributed by atoms with van der Waals surface area (Å²) in [6, 6.07) is 4.91. The van der Waals surface area contributed by atoms with Crippen molar-refractivity contribution in [2.24, 2.45) is 0 Å². The van der Waals surface area contributed by atoms with Gasteiger partial charge in [0, 0.05) is 18.1 Å². The van der Waals surface area contributed by atoms with Crippen molar-refractivity contribution in [3.05, 3.63) is 28.2 Å². The Hall–Kier alpha value is -0.970. The maximum Gasteiger partial charge on any atom is 0.260 e. The molecule has 110 valence electrons. The molecular weight excluding hydrogens is 301 g/mol. The van der Waals surface area contributed by atoms with E-state index in [4.69, 9.17) is 32.7 Å². The SMILES string of the molecule is C[C@@H]1CN(C(=O)COc2ccc(Cl)cc2Cl)C[C@@H](C)O1. The molecule has 1 saturated heterocycles. The maximum atomic E-state index is 12.1. The third-order valence-corrected chi connectivity index (χ3v) is 3.55. The lowest BCUT2D eigenvalue weighted by molar-refractivity contribution is -0.145. The number of amides is 1. The van der Waals surface area contributed by atoms with E-state index in [0.717, 1.165) is 0 Å². The number of carbonyl (C=O) groups is 1. The minimum atomic E-state index is -0.0713. The summed E-state index contributed by atoms with van der Waals surface area (Å²) in [4.78, 5) is 13.9. The summed E-state index contributed by atoms with van der Waals surface area (Å²) in [5.74, 6) is 0.386. The Balaban J connectivity index is 1.91. The summed E-state index contributed by atoms with van der Waals surface area (Å²) in [5.41, 5.74) is 0. The minimum absolute atomic E-state index is 0.0409. The van der Waals surface area contributed by atoms with Crippen LogP contribution in [0, 0.1) is 0 Å². The van der Waals surface area contributed by atoms with Crippen LogP contribution in [0.5, 0.6) is 5.75 Å². The van der Waals surface area contributed by atoms with Crippen LogP contribution in [0.15, 0.2) is 18.2 Å². The molecule has 0 saturated carbocycles. The Bertz CT molecular complexity index is 485. The fraction of sp³-hybridized carbons (Fsp3) is 0.500. The van der Waals surface area contributed by atoms with E-state index in [2.05, 4.69) is 0 Å². The van der Waals surface area contributed by atoms with Gasteiger partial charge in [-0.25, -0.2) is 0 Å². The van der Waals surface area contributed by atoms with Crippen LogP contribution in [0.3, 0.4) is 0 Å². The van der Waals surface area contributed by atoms with Crippen molar-refractivity contribution in [2.75, 3.05) is 19.7 Å². The molecule has 20 heavy (non-hydrogen) atoms. The quantitative estimate of drug-likeness (QED) is 0.860. The van der Waals surface area contributed by atoms with Gasteiger partial charge in [0.05, 0.1) is 17.2 Å². The fourth-order valence-electron chi connectivity index (χ4n) is 2.20. The Morgan fingerprint density at radius 3 is 2.60 bits per heavy atom. The molecule has 0 aromatic heterocycles. The number of halogens is 2. The van der Waals surface area contributed by atoms with Crippen molar-refractivity contribution in [1.82, 2.24) is 4.90 Å². The van der Waals surface area contributed by atoms with Crippen molar-refractivity contribution in [3.8, 4) is 5.75 Å². The van der Waals surface area contributed by atoms with E-state index in [9.17, 15) is 4.79 Å².